The van der Waals surface area contributed by atoms with E-state index in [9.17, 15) is 10.1 Å². The van der Waals surface area contributed by atoms with Crippen LogP contribution in [-0.4, -0.2) is 14.1 Å². The monoisotopic (exact) mass is 467 g/mol. The van der Waals surface area contributed by atoms with Crippen LogP contribution in [0.5, 0.6) is 5.75 Å². The van der Waals surface area contributed by atoms with Crippen molar-refractivity contribution in [3.8, 4) is 22.9 Å². The number of ketones is 1. The van der Waals surface area contributed by atoms with E-state index in [-0.39, 0.29) is 5.78 Å². The van der Waals surface area contributed by atoms with Gasteiger partial charge in [0.1, 0.15) is 5.75 Å². The summed E-state index contributed by atoms with van der Waals surface area (Å²) in [5.41, 5.74) is 5.74. The molecule has 0 heterocycles. The molecular weight excluding hydrogens is 434 g/mol. The number of carbonyl (C=O) groups excluding carboxylic acids is 1. The van der Waals surface area contributed by atoms with Crippen molar-refractivity contribution in [2.75, 3.05) is 0 Å². The van der Waals surface area contributed by atoms with Gasteiger partial charge in [-0.05, 0) is 64.5 Å². The SMILES string of the molecule is CC(=O)/C=C/c1ccc(C[Si](Oc2ccc(-c3ccccc3C#N)cc2)(C(C)C)C(C)C)cc1. The molecule has 0 N–H and O–H groups in total. The number of rotatable bonds is 9. The maximum absolute atomic E-state index is 11.2. The van der Waals surface area contributed by atoms with Crippen LogP contribution in [-0.2, 0) is 10.8 Å². The van der Waals surface area contributed by atoms with Gasteiger partial charge in [-0.3, -0.25) is 4.79 Å². The van der Waals surface area contributed by atoms with E-state index in [4.69, 9.17) is 4.43 Å². The predicted octanol–water partition coefficient (Wildman–Crippen LogP) is 7.75. The van der Waals surface area contributed by atoms with E-state index in [0.717, 1.165) is 28.5 Å². The fraction of sp³-hybridized carbons (Fsp3) is 0.267. The molecular formula is C30H33NO2Si. The van der Waals surface area contributed by atoms with Crippen LogP contribution in [0.4, 0.5) is 0 Å². The fourth-order valence-corrected chi connectivity index (χ4v) is 8.52. The Balaban J connectivity index is 1.87. The summed E-state index contributed by atoms with van der Waals surface area (Å²) in [6, 6.07) is 27.4. The van der Waals surface area contributed by atoms with Crippen LogP contribution < -0.4 is 4.43 Å². The van der Waals surface area contributed by atoms with Gasteiger partial charge in [-0.25, -0.2) is 0 Å². The lowest BCUT2D eigenvalue weighted by molar-refractivity contribution is -0.112. The highest BCUT2D eigenvalue weighted by molar-refractivity contribution is 6.76. The highest BCUT2D eigenvalue weighted by Gasteiger charge is 2.44. The van der Waals surface area contributed by atoms with E-state index in [1.165, 1.54) is 5.56 Å². The van der Waals surface area contributed by atoms with Gasteiger partial charge in [0.15, 0.2) is 5.78 Å². The van der Waals surface area contributed by atoms with E-state index < -0.39 is 8.32 Å². The highest BCUT2D eigenvalue weighted by Crippen LogP contribution is 2.38. The lowest BCUT2D eigenvalue weighted by Crippen LogP contribution is -2.50. The van der Waals surface area contributed by atoms with E-state index in [1.54, 1.807) is 13.0 Å². The molecule has 0 radical (unpaired) electrons. The number of nitriles is 1. The Morgan fingerprint density at radius 1 is 0.941 bits per heavy atom. The van der Waals surface area contributed by atoms with E-state index in [0.29, 0.717) is 16.6 Å². The Hall–Kier alpha value is -3.42. The van der Waals surface area contributed by atoms with Crippen LogP contribution in [0.1, 0.15) is 51.3 Å². The van der Waals surface area contributed by atoms with Crippen LogP contribution in [0.25, 0.3) is 17.2 Å². The van der Waals surface area contributed by atoms with Crippen molar-refractivity contribution < 1.29 is 9.22 Å². The molecule has 0 fully saturated rings. The van der Waals surface area contributed by atoms with Crippen LogP contribution >= 0.6 is 0 Å². The summed E-state index contributed by atoms with van der Waals surface area (Å²) in [5.74, 6) is 0.930. The van der Waals surface area contributed by atoms with Gasteiger partial charge in [0.05, 0.1) is 11.6 Å². The molecule has 3 aromatic rings. The molecule has 0 aliphatic rings. The van der Waals surface area contributed by atoms with Crippen molar-refractivity contribution in [2.24, 2.45) is 0 Å². The predicted molar refractivity (Wildman–Crippen MR) is 143 cm³/mol. The Labute approximate surface area is 204 Å². The Morgan fingerprint density at radius 3 is 2.12 bits per heavy atom. The first-order valence-corrected chi connectivity index (χ1v) is 14.1. The topological polar surface area (TPSA) is 50.1 Å². The summed E-state index contributed by atoms with van der Waals surface area (Å²) in [7, 11) is -2.22. The molecule has 0 atom stereocenters. The van der Waals surface area contributed by atoms with Gasteiger partial charge in [-0.2, -0.15) is 5.26 Å². The highest BCUT2D eigenvalue weighted by atomic mass is 28.4. The maximum Gasteiger partial charge on any atom is 0.260 e. The number of hydrogen-bond acceptors (Lipinski definition) is 3. The van der Waals surface area contributed by atoms with Gasteiger partial charge in [-0.15, -0.1) is 0 Å². The number of carbonyl (C=O) groups is 1. The van der Waals surface area contributed by atoms with Gasteiger partial charge in [-0.1, -0.05) is 88.4 Å². The molecule has 174 valence electrons. The molecule has 0 aromatic heterocycles. The molecule has 4 heteroatoms. The lowest BCUT2D eigenvalue weighted by Gasteiger charge is -2.39. The molecule has 3 nitrogen and oxygen atoms in total. The first kappa shape index (κ1) is 25.2. The van der Waals surface area contributed by atoms with Gasteiger partial charge in [0.25, 0.3) is 8.32 Å². The second-order valence-corrected chi connectivity index (χ2v) is 14.2. The fourth-order valence-electron chi connectivity index (χ4n) is 4.38. The number of nitrogens with zero attached hydrogens (tertiary/aromatic N) is 1. The minimum absolute atomic E-state index is 0.0469. The molecule has 0 aliphatic heterocycles. The average molecular weight is 468 g/mol. The maximum atomic E-state index is 11.2. The Kier molecular flexibility index (Phi) is 8.25. The van der Waals surface area contributed by atoms with E-state index in [1.807, 2.05) is 54.6 Å². The lowest BCUT2D eigenvalue weighted by atomic mass is 10.0. The molecule has 0 saturated heterocycles. The average Bonchev–Trinajstić information content (AvgIpc) is 2.83. The first-order valence-electron chi connectivity index (χ1n) is 11.8. The van der Waals surface area contributed by atoms with E-state index in [2.05, 4.69) is 58.0 Å². The van der Waals surface area contributed by atoms with Crippen LogP contribution in [0.15, 0.2) is 78.9 Å². The third kappa shape index (κ3) is 5.92. The standard InChI is InChI=1S/C30H33NO2Si/c1-22(2)34(23(3)4,21-26-14-12-25(13-15-26)11-10-24(5)32)33-29-18-16-27(17-19-29)30-9-7-6-8-28(30)20-31/h6-19,22-23H,21H2,1-5H3/b11-10+. The quantitative estimate of drug-likeness (QED) is 0.239. The van der Waals surface area contributed by atoms with Crippen molar-refractivity contribution in [1.82, 2.24) is 0 Å². The van der Waals surface area contributed by atoms with Crippen LogP contribution in [0, 0.1) is 11.3 Å². The number of hydrogen-bond donors (Lipinski definition) is 0. The normalized spacial score (nSPS) is 11.7. The van der Waals surface area contributed by atoms with Crippen molar-refractivity contribution in [3.05, 3.63) is 95.6 Å². The van der Waals surface area contributed by atoms with Gasteiger partial charge in [0, 0.05) is 6.04 Å². The van der Waals surface area contributed by atoms with Crippen molar-refractivity contribution in [1.29, 1.82) is 5.26 Å². The van der Waals surface area contributed by atoms with Gasteiger partial charge in [0.2, 0.25) is 0 Å². The molecule has 0 saturated carbocycles. The second-order valence-electron chi connectivity index (χ2n) is 9.41. The largest absolute Gasteiger partial charge is 0.543 e. The van der Waals surface area contributed by atoms with Gasteiger partial charge < -0.3 is 4.43 Å². The van der Waals surface area contributed by atoms with Crippen molar-refractivity contribution in [2.45, 2.75) is 51.7 Å². The molecule has 0 spiro atoms. The third-order valence-electron chi connectivity index (χ3n) is 6.45. The van der Waals surface area contributed by atoms with Crippen molar-refractivity contribution >= 4 is 20.2 Å². The summed E-state index contributed by atoms with van der Waals surface area (Å²) < 4.78 is 6.90. The zero-order valence-electron chi connectivity index (χ0n) is 20.7. The molecule has 0 aliphatic carbocycles. The second kappa shape index (κ2) is 11.1. The molecule has 0 bridgehead atoms. The molecule has 0 amide bonds. The smallest absolute Gasteiger partial charge is 0.260 e. The summed E-state index contributed by atoms with van der Waals surface area (Å²) in [4.78, 5) is 11.2. The summed E-state index contributed by atoms with van der Waals surface area (Å²) >= 11 is 0. The molecule has 0 unspecified atom stereocenters. The van der Waals surface area contributed by atoms with E-state index >= 15 is 0 Å². The van der Waals surface area contributed by atoms with Crippen LogP contribution in [0.3, 0.4) is 0 Å². The molecule has 3 aromatic carbocycles. The van der Waals surface area contributed by atoms with Crippen LogP contribution in [0.2, 0.25) is 11.1 Å². The third-order valence-corrected chi connectivity index (χ3v) is 11.9. The van der Waals surface area contributed by atoms with Gasteiger partial charge >= 0.3 is 0 Å². The first-order chi connectivity index (χ1) is 16.2. The minimum atomic E-state index is -2.22. The summed E-state index contributed by atoms with van der Waals surface area (Å²) in [6.45, 7) is 10.6. The summed E-state index contributed by atoms with van der Waals surface area (Å²) in [6.07, 6.45) is 3.45. The molecule has 3 rings (SSSR count). The number of benzene rings is 3. The minimum Gasteiger partial charge on any atom is -0.543 e. The zero-order valence-corrected chi connectivity index (χ0v) is 21.7. The number of allylic oxidation sites excluding steroid dienone is 1. The molecule has 34 heavy (non-hydrogen) atoms. The zero-order chi connectivity index (χ0) is 24.7. The Bertz CT molecular complexity index is 1180. The Morgan fingerprint density at radius 2 is 1.56 bits per heavy atom. The summed E-state index contributed by atoms with van der Waals surface area (Å²) in [5, 5.41) is 9.43. The van der Waals surface area contributed by atoms with Crippen molar-refractivity contribution in [3.63, 3.8) is 0 Å².